The summed E-state index contributed by atoms with van der Waals surface area (Å²) in [7, 11) is 0. The Morgan fingerprint density at radius 3 is 1.46 bits per heavy atom. The molecule has 5 aromatic heterocycles. The Labute approximate surface area is 344 Å². The van der Waals surface area contributed by atoms with Crippen molar-refractivity contribution in [3.05, 3.63) is 194 Å². The van der Waals surface area contributed by atoms with Crippen molar-refractivity contribution in [2.45, 2.75) is 0 Å². The number of pyridine rings is 2. The lowest BCUT2D eigenvalue weighted by molar-refractivity contribution is 1.08. The lowest BCUT2D eigenvalue weighted by atomic mass is 9.80. The minimum atomic E-state index is 0.904. The summed E-state index contributed by atoms with van der Waals surface area (Å²) in [4.78, 5) is 11.0. The molecule has 13 rings (SSSR count). The van der Waals surface area contributed by atoms with Gasteiger partial charge in [0.2, 0.25) is 0 Å². The number of rotatable bonds is 2. The van der Waals surface area contributed by atoms with Crippen LogP contribution in [-0.4, -0.2) is 19.1 Å². The summed E-state index contributed by atoms with van der Waals surface area (Å²) in [5, 5.41) is 4.71. The van der Waals surface area contributed by atoms with Crippen LogP contribution in [0.1, 0.15) is 0 Å². The number of hydrogen-bond acceptors (Lipinski definition) is 3. The van der Waals surface area contributed by atoms with Crippen molar-refractivity contribution in [1.82, 2.24) is 19.1 Å². The predicted octanol–water partition coefficient (Wildman–Crippen LogP) is 14.4. The van der Waals surface area contributed by atoms with Gasteiger partial charge in [-0.15, -0.1) is 11.3 Å². The fourth-order valence-corrected chi connectivity index (χ4v) is 10.7. The Balaban J connectivity index is 1.04. The average Bonchev–Trinajstić information content (AvgIpc) is 4.04. The SMILES string of the molecule is c1ccc2c(c1)-c1ccccc1-c1cc(-n3c4ccccc4c4ccccc43)ccc1-c1ccc(-n3cc4c(c3)-c3sccc3-c3cccnc3-c3ncccc3-4)cc1-2. The number of hydrogen-bond donors (Lipinski definition) is 0. The maximum absolute atomic E-state index is 4.92. The number of benzene rings is 6. The first kappa shape index (κ1) is 32.5. The van der Waals surface area contributed by atoms with Gasteiger partial charge in [0.25, 0.3) is 0 Å². The van der Waals surface area contributed by atoms with E-state index in [0.717, 1.165) is 39.5 Å². The van der Waals surface area contributed by atoms with E-state index < -0.39 is 0 Å². The van der Waals surface area contributed by atoms with Crippen LogP contribution in [0.2, 0.25) is 0 Å². The number of para-hydroxylation sites is 2. The zero-order valence-electron chi connectivity index (χ0n) is 31.7. The molecule has 0 amide bonds. The van der Waals surface area contributed by atoms with E-state index in [4.69, 9.17) is 9.97 Å². The summed E-state index contributed by atoms with van der Waals surface area (Å²) >= 11 is 1.78. The zero-order valence-corrected chi connectivity index (χ0v) is 32.5. The third-order valence-corrected chi connectivity index (χ3v) is 13.3. The van der Waals surface area contributed by atoms with E-state index in [2.05, 4.69) is 179 Å². The van der Waals surface area contributed by atoms with Crippen LogP contribution >= 0.6 is 11.3 Å². The first-order chi connectivity index (χ1) is 29.3. The standard InChI is InChI=1S/C54H32N4S/c1-3-13-37-35(11-1)36-12-2-4-14-38(36)47-30-34(58-50-19-7-5-15-41(50)42-16-6-8-20-51(42)58)22-24-40(47)39-23-21-33(29-46(37)39)57-31-48-44-18-10-27-56-53(44)52-43(17-9-26-55-52)45-25-28-59-54(45)49(48)32-57/h1-32H. The smallest absolute Gasteiger partial charge is 0.0971 e. The molecule has 5 heteroatoms. The van der Waals surface area contributed by atoms with E-state index in [-0.39, 0.29) is 0 Å². The lowest BCUT2D eigenvalue weighted by Gasteiger charge is -2.24. The lowest BCUT2D eigenvalue weighted by Crippen LogP contribution is -2.01. The van der Waals surface area contributed by atoms with E-state index in [0.29, 0.717) is 0 Å². The van der Waals surface area contributed by atoms with Crippen LogP contribution < -0.4 is 0 Å². The van der Waals surface area contributed by atoms with Crippen LogP contribution in [0.4, 0.5) is 0 Å². The van der Waals surface area contributed by atoms with E-state index in [9.17, 15) is 0 Å². The van der Waals surface area contributed by atoms with E-state index in [1.165, 1.54) is 82.3 Å². The summed E-state index contributed by atoms with van der Waals surface area (Å²) in [6, 6.07) is 60.0. The molecular formula is C54H32N4S. The molecule has 0 saturated heterocycles. The summed E-state index contributed by atoms with van der Waals surface area (Å²) in [6.45, 7) is 0. The highest BCUT2D eigenvalue weighted by Gasteiger charge is 2.27. The van der Waals surface area contributed by atoms with Crippen LogP contribution in [0.25, 0.3) is 122 Å². The Kier molecular flexibility index (Phi) is 6.85. The van der Waals surface area contributed by atoms with Crippen molar-refractivity contribution in [3.63, 3.8) is 0 Å². The van der Waals surface area contributed by atoms with Gasteiger partial charge >= 0.3 is 0 Å². The molecule has 0 unspecified atom stereocenters. The van der Waals surface area contributed by atoms with Crippen molar-refractivity contribution in [2.75, 3.05) is 0 Å². The zero-order chi connectivity index (χ0) is 38.6. The van der Waals surface area contributed by atoms with Gasteiger partial charge in [0.05, 0.1) is 22.4 Å². The van der Waals surface area contributed by atoms with Gasteiger partial charge in [0.1, 0.15) is 0 Å². The van der Waals surface area contributed by atoms with Gasteiger partial charge in [-0.05, 0) is 104 Å². The Morgan fingerprint density at radius 2 is 0.831 bits per heavy atom. The maximum atomic E-state index is 4.92. The molecule has 2 aliphatic carbocycles. The first-order valence-electron chi connectivity index (χ1n) is 20.0. The molecule has 0 atom stereocenters. The summed E-state index contributed by atoms with van der Waals surface area (Å²) in [6.07, 6.45) is 8.33. The summed E-state index contributed by atoms with van der Waals surface area (Å²) in [5.74, 6) is 0. The van der Waals surface area contributed by atoms with Crippen molar-refractivity contribution < 1.29 is 0 Å². The molecule has 0 spiro atoms. The third kappa shape index (κ3) is 4.71. The first-order valence-corrected chi connectivity index (χ1v) is 20.8. The fourth-order valence-electron chi connectivity index (χ4n) is 9.74. The van der Waals surface area contributed by atoms with Crippen LogP contribution in [0.15, 0.2) is 194 Å². The second-order valence-corrected chi connectivity index (χ2v) is 16.3. The van der Waals surface area contributed by atoms with Gasteiger partial charge in [-0.2, -0.15) is 0 Å². The molecule has 11 aromatic rings. The maximum Gasteiger partial charge on any atom is 0.0971 e. The van der Waals surface area contributed by atoms with Crippen LogP contribution in [0, 0.1) is 0 Å². The molecule has 0 fully saturated rings. The average molecular weight is 769 g/mol. The normalized spacial score (nSPS) is 12.1. The number of nitrogens with zero attached hydrogens (tertiary/aromatic N) is 4. The minimum absolute atomic E-state index is 0.904. The van der Waals surface area contributed by atoms with Crippen molar-refractivity contribution in [2.24, 2.45) is 0 Å². The molecule has 274 valence electrons. The van der Waals surface area contributed by atoms with Gasteiger partial charge in [-0.25, -0.2) is 0 Å². The Morgan fingerprint density at radius 1 is 0.356 bits per heavy atom. The summed E-state index contributed by atoms with van der Waals surface area (Å²) in [5.41, 5.74) is 22.0. The molecule has 59 heavy (non-hydrogen) atoms. The van der Waals surface area contributed by atoms with E-state index >= 15 is 0 Å². The number of aromatic nitrogens is 4. The van der Waals surface area contributed by atoms with Gasteiger partial charge in [0.15, 0.2) is 0 Å². The third-order valence-electron chi connectivity index (χ3n) is 12.3. The number of thiophene rings is 1. The van der Waals surface area contributed by atoms with Crippen LogP contribution in [-0.2, 0) is 0 Å². The number of fused-ring (bicyclic) bond motifs is 19. The molecule has 0 N–H and O–H groups in total. The second-order valence-electron chi connectivity index (χ2n) is 15.4. The molecular weight excluding hydrogens is 737 g/mol. The Hall–Kier alpha value is -7.60. The van der Waals surface area contributed by atoms with Crippen LogP contribution in [0.3, 0.4) is 0 Å². The molecule has 0 bridgehead atoms. The highest BCUT2D eigenvalue weighted by atomic mass is 32.1. The molecule has 0 radical (unpaired) electrons. The van der Waals surface area contributed by atoms with Crippen LogP contribution in [0.5, 0.6) is 0 Å². The van der Waals surface area contributed by atoms with E-state index in [1.807, 2.05) is 24.5 Å². The summed E-state index contributed by atoms with van der Waals surface area (Å²) < 4.78 is 4.72. The highest BCUT2D eigenvalue weighted by molar-refractivity contribution is 7.14. The second kappa shape index (κ2) is 12.4. The minimum Gasteiger partial charge on any atom is -0.323 e. The van der Waals surface area contributed by atoms with Crippen molar-refractivity contribution >= 4 is 33.1 Å². The predicted molar refractivity (Wildman–Crippen MR) is 244 cm³/mol. The highest BCUT2D eigenvalue weighted by Crippen LogP contribution is 2.51. The van der Waals surface area contributed by atoms with Crippen molar-refractivity contribution in [3.8, 4) is 100.0 Å². The van der Waals surface area contributed by atoms with E-state index in [1.54, 1.807) is 11.3 Å². The molecule has 5 heterocycles. The largest absolute Gasteiger partial charge is 0.323 e. The van der Waals surface area contributed by atoms with Crippen molar-refractivity contribution in [1.29, 1.82) is 0 Å². The molecule has 0 saturated carbocycles. The topological polar surface area (TPSA) is 35.6 Å². The monoisotopic (exact) mass is 768 g/mol. The molecule has 2 aliphatic rings. The molecule has 4 nitrogen and oxygen atoms in total. The molecule has 6 aromatic carbocycles. The van der Waals surface area contributed by atoms with Gasteiger partial charge in [0, 0.05) is 79.6 Å². The quantitative estimate of drug-likeness (QED) is 0.176. The Bertz CT molecular complexity index is 3470. The fraction of sp³-hybridized carbons (Fsp3) is 0. The van der Waals surface area contributed by atoms with Gasteiger partial charge < -0.3 is 9.13 Å². The molecule has 0 aliphatic heterocycles. The van der Waals surface area contributed by atoms with Gasteiger partial charge in [-0.3, -0.25) is 9.97 Å². The van der Waals surface area contributed by atoms with Gasteiger partial charge in [-0.1, -0.05) is 109 Å².